The molecule has 1 aliphatic heterocycles. The standard InChI is InChI=1S/C20H26N2O4/c1-20(2,3)26-19(24)22-11-9-13(10-12-22)17-16(18(23)25-4)14-7-5-6-8-15(14)21-17/h5-8,13,21H,9-12H2,1-4H3. The van der Waals surface area contributed by atoms with Crippen LogP contribution in [-0.2, 0) is 9.47 Å². The van der Waals surface area contributed by atoms with Crippen molar-refractivity contribution in [2.45, 2.75) is 45.1 Å². The van der Waals surface area contributed by atoms with E-state index in [9.17, 15) is 9.59 Å². The molecule has 1 aliphatic rings. The monoisotopic (exact) mass is 358 g/mol. The fourth-order valence-corrected chi connectivity index (χ4v) is 3.47. The molecule has 1 fully saturated rings. The molecule has 0 spiro atoms. The Morgan fingerprint density at radius 1 is 1.15 bits per heavy atom. The zero-order chi connectivity index (χ0) is 18.9. The molecule has 1 N–H and O–H groups in total. The van der Waals surface area contributed by atoms with Crippen molar-refractivity contribution in [1.29, 1.82) is 0 Å². The summed E-state index contributed by atoms with van der Waals surface area (Å²) in [6.45, 7) is 6.81. The van der Waals surface area contributed by atoms with Gasteiger partial charge in [0.25, 0.3) is 0 Å². The molecular weight excluding hydrogens is 332 g/mol. The van der Waals surface area contributed by atoms with Gasteiger partial charge in [-0.05, 0) is 39.7 Å². The molecule has 1 aromatic heterocycles. The van der Waals surface area contributed by atoms with E-state index in [1.807, 2.05) is 45.0 Å². The number of ether oxygens (including phenoxy) is 2. The van der Waals surface area contributed by atoms with Crippen molar-refractivity contribution in [2.24, 2.45) is 0 Å². The number of amides is 1. The highest BCUT2D eigenvalue weighted by Crippen LogP contribution is 2.34. The number of fused-ring (bicyclic) bond motifs is 1. The van der Waals surface area contributed by atoms with Gasteiger partial charge in [0.2, 0.25) is 0 Å². The lowest BCUT2D eigenvalue weighted by Gasteiger charge is -2.33. The summed E-state index contributed by atoms with van der Waals surface area (Å²) < 4.78 is 10.5. The third-order valence-corrected chi connectivity index (χ3v) is 4.68. The summed E-state index contributed by atoms with van der Waals surface area (Å²) in [6.07, 6.45) is 1.27. The van der Waals surface area contributed by atoms with Crippen molar-refractivity contribution < 1.29 is 19.1 Å². The number of esters is 1. The highest BCUT2D eigenvalue weighted by molar-refractivity contribution is 6.05. The van der Waals surface area contributed by atoms with Crippen LogP contribution in [0.4, 0.5) is 4.79 Å². The maximum atomic E-state index is 12.4. The highest BCUT2D eigenvalue weighted by atomic mass is 16.6. The number of aromatic nitrogens is 1. The molecule has 1 amide bonds. The number of hydrogen-bond acceptors (Lipinski definition) is 4. The van der Waals surface area contributed by atoms with E-state index in [0.29, 0.717) is 18.7 Å². The van der Waals surface area contributed by atoms with Crippen molar-refractivity contribution in [1.82, 2.24) is 9.88 Å². The maximum absolute atomic E-state index is 12.4. The molecule has 6 heteroatoms. The third-order valence-electron chi connectivity index (χ3n) is 4.68. The predicted octanol–water partition coefficient (Wildman–Crippen LogP) is 4.07. The summed E-state index contributed by atoms with van der Waals surface area (Å²) in [5.74, 6) is -0.151. The summed E-state index contributed by atoms with van der Waals surface area (Å²) >= 11 is 0. The molecule has 0 bridgehead atoms. The molecule has 6 nitrogen and oxygen atoms in total. The minimum absolute atomic E-state index is 0.176. The van der Waals surface area contributed by atoms with Crippen LogP contribution >= 0.6 is 0 Å². The summed E-state index contributed by atoms with van der Waals surface area (Å²) in [5, 5.41) is 0.879. The van der Waals surface area contributed by atoms with Gasteiger partial charge in [-0.15, -0.1) is 0 Å². The minimum Gasteiger partial charge on any atom is -0.465 e. The van der Waals surface area contributed by atoms with Gasteiger partial charge in [-0.3, -0.25) is 0 Å². The van der Waals surface area contributed by atoms with Gasteiger partial charge in [0.15, 0.2) is 0 Å². The number of methoxy groups -OCH3 is 1. The third kappa shape index (κ3) is 3.69. The fourth-order valence-electron chi connectivity index (χ4n) is 3.47. The SMILES string of the molecule is COC(=O)c1c(C2CCN(C(=O)OC(C)(C)C)CC2)[nH]c2ccccc12. The molecule has 0 radical (unpaired) electrons. The lowest BCUT2D eigenvalue weighted by molar-refractivity contribution is 0.0203. The number of rotatable bonds is 2. The fraction of sp³-hybridized carbons (Fsp3) is 0.500. The van der Waals surface area contributed by atoms with Gasteiger partial charge in [0.1, 0.15) is 5.60 Å². The van der Waals surface area contributed by atoms with Crippen LogP contribution in [0.25, 0.3) is 10.9 Å². The van der Waals surface area contributed by atoms with Crippen LogP contribution in [0, 0.1) is 0 Å². The molecule has 0 saturated carbocycles. The second-order valence-corrected chi connectivity index (χ2v) is 7.69. The maximum Gasteiger partial charge on any atom is 0.410 e. The molecule has 0 unspecified atom stereocenters. The number of likely N-dealkylation sites (tertiary alicyclic amines) is 1. The summed E-state index contributed by atoms with van der Waals surface area (Å²) in [5.41, 5.74) is 1.95. The van der Waals surface area contributed by atoms with Gasteiger partial charge >= 0.3 is 12.1 Å². The molecule has 1 saturated heterocycles. The first-order chi connectivity index (χ1) is 12.3. The average Bonchev–Trinajstić information content (AvgIpc) is 2.99. The van der Waals surface area contributed by atoms with Gasteiger partial charge in [0.05, 0.1) is 12.7 Å². The van der Waals surface area contributed by atoms with Crippen LogP contribution in [0.5, 0.6) is 0 Å². The van der Waals surface area contributed by atoms with E-state index in [1.54, 1.807) is 4.90 Å². The number of carbonyl (C=O) groups is 2. The zero-order valence-corrected chi connectivity index (χ0v) is 15.8. The summed E-state index contributed by atoms with van der Waals surface area (Å²) in [7, 11) is 1.40. The van der Waals surface area contributed by atoms with E-state index >= 15 is 0 Å². The van der Waals surface area contributed by atoms with Crippen molar-refractivity contribution >= 4 is 23.0 Å². The van der Waals surface area contributed by atoms with Crippen LogP contribution in [0.3, 0.4) is 0 Å². The van der Waals surface area contributed by atoms with Gasteiger partial charge in [-0.2, -0.15) is 0 Å². The molecule has 2 heterocycles. The van der Waals surface area contributed by atoms with Crippen LogP contribution in [0.1, 0.15) is 55.6 Å². The molecule has 140 valence electrons. The Morgan fingerprint density at radius 2 is 1.81 bits per heavy atom. The first-order valence-electron chi connectivity index (χ1n) is 8.97. The number of H-pyrrole nitrogens is 1. The topological polar surface area (TPSA) is 71.6 Å². The van der Waals surface area contributed by atoms with Crippen LogP contribution in [0.15, 0.2) is 24.3 Å². The average molecular weight is 358 g/mol. The van der Waals surface area contributed by atoms with Gasteiger partial charge < -0.3 is 19.4 Å². The van der Waals surface area contributed by atoms with E-state index < -0.39 is 5.60 Å². The second kappa shape index (κ2) is 7.02. The minimum atomic E-state index is -0.497. The molecule has 2 aromatic rings. The molecule has 1 aromatic carbocycles. The number of para-hydroxylation sites is 1. The number of hydrogen-bond donors (Lipinski definition) is 1. The Balaban J connectivity index is 1.79. The number of nitrogens with one attached hydrogen (secondary N) is 1. The van der Waals surface area contributed by atoms with Crippen LogP contribution < -0.4 is 0 Å². The van der Waals surface area contributed by atoms with Gasteiger partial charge in [-0.1, -0.05) is 18.2 Å². The Kier molecular flexibility index (Phi) is 4.94. The molecular formula is C20H26N2O4. The van der Waals surface area contributed by atoms with E-state index in [2.05, 4.69) is 4.98 Å². The van der Waals surface area contributed by atoms with Gasteiger partial charge in [-0.25, -0.2) is 9.59 Å². The Morgan fingerprint density at radius 3 is 2.42 bits per heavy atom. The Hall–Kier alpha value is -2.50. The van der Waals surface area contributed by atoms with E-state index in [-0.39, 0.29) is 18.0 Å². The number of aromatic amines is 1. The molecule has 0 aliphatic carbocycles. The van der Waals surface area contributed by atoms with Crippen molar-refractivity contribution in [3.05, 3.63) is 35.5 Å². The van der Waals surface area contributed by atoms with E-state index in [4.69, 9.17) is 9.47 Å². The second-order valence-electron chi connectivity index (χ2n) is 7.69. The van der Waals surface area contributed by atoms with Crippen molar-refractivity contribution in [2.75, 3.05) is 20.2 Å². The van der Waals surface area contributed by atoms with Crippen LogP contribution in [-0.4, -0.2) is 47.7 Å². The lowest BCUT2D eigenvalue weighted by atomic mass is 9.91. The van der Waals surface area contributed by atoms with Crippen molar-refractivity contribution in [3.63, 3.8) is 0 Å². The van der Waals surface area contributed by atoms with E-state index in [0.717, 1.165) is 29.4 Å². The molecule has 3 rings (SSSR count). The highest BCUT2D eigenvalue weighted by Gasteiger charge is 2.31. The predicted molar refractivity (Wildman–Crippen MR) is 99.4 cm³/mol. The first-order valence-corrected chi connectivity index (χ1v) is 8.97. The zero-order valence-electron chi connectivity index (χ0n) is 15.8. The lowest BCUT2D eigenvalue weighted by Crippen LogP contribution is -2.41. The Labute approximate surface area is 153 Å². The normalized spacial score (nSPS) is 15.9. The summed E-state index contributed by atoms with van der Waals surface area (Å²) in [6, 6.07) is 7.74. The van der Waals surface area contributed by atoms with Crippen LogP contribution in [0.2, 0.25) is 0 Å². The summed E-state index contributed by atoms with van der Waals surface area (Å²) in [4.78, 5) is 29.7. The largest absolute Gasteiger partial charge is 0.465 e. The number of nitrogens with zero attached hydrogens (tertiary/aromatic N) is 1. The molecule has 26 heavy (non-hydrogen) atoms. The number of piperidine rings is 1. The number of carbonyl (C=O) groups excluding carboxylic acids is 2. The van der Waals surface area contributed by atoms with Gasteiger partial charge in [0, 0.05) is 35.6 Å². The number of benzene rings is 1. The Bertz CT molecular complexity index is 811. The quantitative estimate of drug-likeness (QED) is 0.822. The molecule has 0 atom stereocenters. The van der Waals surface area contributed by atoms with E-state index in [1.165, 1.54) is 7.11 Å². The first kappa shape index (κ1) is 18.3. The smallest absolute Gasteiger partial charge is 0.410 e. The van der Waals surface area contributed by atoms with Crippen molar-refractivity contribution in [3.8, 4) is 0 Å².